The Hall–Kier alpha value is -3.48. The molecule has 1 N–H and O–H groups in total. The van der Waals surface area contributed by atoms with Gasteiger partial charge in [0.1, 0.15) is 12.4 Å². The number of fused-ring (bicyclic) bond motifs is 1. The van der Waals surface area contributed by atoms with Crippen LogP contribution in [0.1, 0.15) is 5.56 Å². The van der Waals surface area contributed by atoms with Crippen molar-refractivity contribution in [2.24, 2.45) is 0 Å². The zero-order valence-corrected chi connectivity index (χ0v) is 12.6. The molecule has 0 amide bonds. The van der Waals surface area contributed by atoms with Crippen LogP contribution in [-0.4, -0.2) is 20.3 Å². The first-order chi connectivity index (χ1) is 11.8. The predicted molar refractivity (Wildman–Crippen MR) is 86.9 cm³/mol. The topological polar surface area (TPSA) is 90.6 Å². The Kier molecular flexibility index (Phi) is 3.51. The Morgan fingerprint density at radius 3 is 2.71 bits per heavy atom. The van der Waals surface area contributed by atoms with Gasteiger partial charge in [0.05, 0.1) is 11.8 Å². The van der Waals surface area contributed by atoms with Crippen LogP contribution in [0.2, 0.25) is 0 Å². The molecule has 0 fully saturated rings. The van der Waals surface area contributed by atoms with Crippen molar-refractivity contribution < 1.29 is 9.58 Å². The number of para-hydroxylation sites is 1. The highest BCUT2D eigenvalue weighted by atomic mass is 16.5. The maximum Gasteiger partial charge on any atom is 0.327 e. The molecule has 2 heterocycles. The van der Waals surface area contributed by atoms with E-state index in [0.717, 1.165) is 11.1 Å². The van der Waals surface area contributed by atoms with Crippen LogP contribution in [0.5, 0.6) is 5.75 Å². The molecule has 118 valence electrons. The number of hydrogen-bond donors (Lipinski definition) is 1. The molecule has 0 bridgehead atoms. The molecule has 0 radical (unpaired) electrons. The summed E-state index contributed by atoms with van der Waals surface area (Å²) in [5, 5.41) is 17.7. The third-order valence-corrected chi connectivity index (χ3v) is 3.58. The fourth-order valence-corrected chi connectivity index (χ4v) is 2.39. The van der Waals surface area contributed by atoms with E-state index in [0.29, 0.717) is 28.5 Å². The first-order valence-electron chi connectivity index (χ1n) is 7.38. The third-order valence-electron chi connectivity index (χ3n) is 3.58. The van der Waals surface area contributed by atoms with Gasteiger partial charge >= 0.3 is 5.65 Å². The number of benzene rings is 2. The van der Waals surface area contributed by atoms with Gasteiger partial charge in [-0.15, -0.1) is 4.85 Å². The molecular formula is C17H13N5O2. The van der Waals surface area contributed by atoms with Gasteiger partial charge in [-0.1, -0.05) is 47.4 Å². The monoisotopic (exact) mass is 319 g/mol. The molecule has 0 aliphatic rings. The summed E-state index contributed by atoms with van der Waals surface area (Å²) in [6, 6.07) is 17.4. The summed E-state index contributed by atoms with van der Waals surface area (Å²) >= 11 is 0. The molecule has 24 heavy (non-hydrogen) atoms. The molecule has 0 unspecified atom stereocenters. The number of aromatic amines is 1. The van der Waals surface area contributed by atoms with Crippen molar-refractivity contribution in [3.05, 3.63) is 71.6 Å². The average molecular weight is 319 g/mol. The van der Waals surface area contributed by atoms with Crippen molar-refractivity contribution in [3.8, 4) is 17.1 Å². The van der Waals surface area contributed by atoms with E-state index in [2.05, 4.69) is 20.3 Å². The van der Waals surface area contributed by atoms with Crippen molar-refractivity contribution in [2.45, 2.75) is 6.61 Å². The molecule has 7 nitrogen and oxygen atoms in total. The van der Waals surface area contributed by atoms with Crippen molar-refractivity contribution in [1.29, 1.82) is 0 Å². The molecule has 2 aromatic carbocycles. The van der Waals surface area contributed by atoms with E-state index in [1.165, 1.54) is 6.20 Å². The van der Waals surface area contributed by atoms with Crippen LogP contribution in [0.15, 0.2) is 60.8 Å². The van der Waals surface area contributed by atoms with E-state index in [-0.39, 0.29) is 5.65 Å². The number of aromatic nitrogens is 5. The van der Waals surface area contributed by atoms with Crippen LogP contribution in [0.25, 0.3) is 22.6 Å². The lowest BCUT2D eigenvalue weighted by atomic mass is 10.2. The highest BCUT2D eigenvalue weighted by Gasteiger charge is 2.16. The second-order valence-corrected chi connectivity index (χ2v) is 5.19. The van der Waals surface area contributed by atoms with Crippen LogP contribution >= 0.6 is 0 Å². The zero-order chi connectivity index (χ0) is 16.4. The van der Waals surface area contributed by atoms with Gasteiger partial charge in [0.2, 0.25) is 11.3 Å². The van der Waals surface area contributed by atoms with Crippen LogP contribution < -0.4 is 9.58 Å². The molecule has 0 spiro atoms. The van der Waals surface area contributed by atoms with E-state index in [1.54, 1.807) is 0 Å². The lowest BCUT2D eigenvalue weighted by Crippen LogP contribution is -2.29. The number of nitrogens with zero attached hydrogens (tertiary/aromatic N) is 4. The first-order valence-corrected chi connectivity index (χ1v) is 7.38. The average Bonchev–Trinajstić information content (AvgIpc) is 3.02. The lowest BCUT2D eigenvalue weighted by molar-refractivity contribution is -0.645. The number of H-pyrrole nitrogens is 1. The fraction of sp³-hybridized carbons (Fsp3) is 0.0588. The minimum absolute atomic E-state index is 0.192. The summed E-state index contributed by atoms with van der Waals surface area (Å²) in [7, 11) is 0. The molecule has 4 rings (SSSR count). The molecule has 0 atom stereocenters. The molecule has 7 heteroatoms. The normalized spacial score (nSPS) is 10.8. The largest absolute Gasteiger partial charge is 0.721 e. The van der Waals surface area contributed by atoms with Crippen molar-refractivity contribution in [1.82, 2.24) is 20.3 Å². The Bertz CT molecular complexity index is 985. The maximum atomic E-state index is 11.6. The van der Waals surface area contributed by atoms with Crippen LogP contribution in [-0.2, 0) is 6.61 Å². The zero-order valence-electron chi connectivity index (χ0n) is 12.6. The predicted octanol–water partition coefficient (Wildman–Crippen LogP) is 2.23. The number of nitrogens with one attached hydrogen (secondary N) is 1. The second kappa shape index (κ2) is 5.96. The van der Waals surface area contributed by atoms with Crippen molar-refractivity contribution in [2.75, 3.05) is 0 Å². The summed E-state index contributed by atoms with van der Waals surface area (Å²) in [5.41, 5.74) is 2.46. The summed E-state index contributed by atoms with van der Waals surface area (Å²) < 4.78 is 5.91. The Morgan fingerprint density at radius 2 is 1.83 bits per heavy atom. The van der Waals surface area contributed by atoms with E-state index in [9.17, 15) is 5.21 Å². The van der Waals surface area contributed by atoms with E-state index >= 15 is 0 Å². The molecule has 2 aromatic heterocycles. The molecule has 0 aliphatic carbocycles. The molecular weight excluding hydrogens is 306 g/mol. The van der Waals surface area contributed by atoms with Crippen molar-refractivity contribution >= 4 is 11.2 Å². The number of rotatable bonds is 4. The molecule has 0 saturated carbocycles. The maximum absolute atomic E-state index is 11.6. The van der Waals surface area contributed by atoms with E-state index in [4.69, 9.17) is 4.74 Å². The Labute approximate surface area is 137 Å². The molecule has 0 saturated heterocycles. The minimum atomic E-state index is 0.192. The van der Waals surface area contributed by atoms with Gasteiger partial charge in [-0.05, 0) is 17.7 Å². The van der Waals surface area contributed by atoms with E-state index in [1.807, 2.05) is 54.6 Å². The van der Waals surface area contributed by atoms with Crippen LogP contribution in [0, 0.1) is 5.21 Å². The molecule has 4 aromatic rings. The Morgan fingerprint density at radius 1 is 1.04 bits per heavy atom. The highest BCUT2D eigenvalue weighted by Crippen LogP contribution is 2.28. The SMILES string of the molecule is [O-][n+]1n[nH]c2cnc(-c3ccccc3OCc3ccccc3)nc21. The van der Waals surface area contributed by atoms with Gasteiger partial charge in [0.15, 0.2) is 0 Å². The highest BCUT2D eigenvalue weighted by molar-refractivity contribution is 5.71. The van der Waals surface area contributed by atoms with Gasteiger partial charge in [0.25, 0.3) is 0 Å². The lowest BCUT2D eigenvalue weighted by Gasteiger charge is -2.09. The Balaban J connectivity index is 1.68. The van der Waals surface area contributed by atoms with Gasteiger partial charge in [-0.2, -0.15) is 5.10 Å². The van der Waals surface area contributed by atoms with E-state index < -0.39 is 0 Å². The second-order valence-electron chi connectivity index (χ2n) is 5.19. The standard InChI is InChI=1S/C17H13N5O2/c23-22-17-14(20-21-22)10-18-16(19-17)13-8-4-5-9-15(13)24-11-12-6-2-1-3-7-12/h1-10,20H,11H2. The minimum Gasteiger partial charge on any atom is -0.721 e. The first kappa shape index (κ1) is 14.1. The molecule has 0 aliphatic heterocycles. The summed E-state index contributed by atoms with van der Waals surface area (Å²) in [5.74, 6) is 1.07. The fourth-order valence-electron chi connectivity index (χ4n) is 2.39. The van der Waals surface area contributed by atoms with Gasteiger partial charge in [-0.25, -0.2) is 4.98 Å². The summed E-state index contributed by atoms with van der Waals surface area (Å²) in [6.07, 6.45) is 1.53. The van der Waals surface area contributed by atoms with Gasteiger partial charge in [0, 0.05) is 5.21 Å². The third kappa shape index (κ3) is 2.63. The smallest absolute Gasteiger partial charge is 0.327 e. The quantitative estimate of drug-likeness (QED) is 0.460. The summed E-state index contributed by atoms with van der Waals surface area (Å²) in [6.45, 7) is 0.438. The number of ether oxygens (including phenoxy) is 1. The van der Waals surface area contributed by atoms with Gasteiger partial charge in [-0.3, -0.25) is 0 Å². The van der Waals surface area contributed by atoms with Crippen LogP contribution in [0.3, 0.4) is 0 Å². The van der Waals surface area contributed by atoms with Crippen molar-refractivity contribution in [3.63, 3.8) is 0 Å². The van der Waals surface area contributed by atoms with Crippen LogP contribution in [0.4, 0.5) is 0 Å². The summed E-state index contributed by atoms with van der Waals surface area (Å²) in [4.78, 5) is 9.02. The van der Waals surface area contributed by atoms with Gasteiger partial charge < -0.3 is 9.94 Å². The number of hydrogen-bond acceptors (Lipinski definition) is 5.